The Morgan fingerprint density at radius 1 is 1.26 bits per heavy atom. The third-order valence-electron chi connectivity index (χ3n) is 3.20. The van der Waals surface area contributed by atoms with Crippen LogP contribution in [0.4, 0.5) is 5.69 Å². The van der Waals surface area contributed by atoms with Gasteiger partial charge in [-0.25, -0.2) is 10.4 Å². The van der Waals surface area contributed by atoms with Crippen LogP contribution in [0.5, 0.6) is 5.75 Å². The SMILES string of the molecule is COc1ccccc1NC(=O)CNN1CCCCC1. The normalized spacial score (nSPS) is 16.1. The maximum Gasteiger partial charge on any atom is 0.239 e. The molecule has 5 nitrogen and oxygen atoms in total. The van der Waals surface area contributed by atoms with Crippen molar-refractivity contribution in [2.45, 2.75) is 19.3 Å². The van der Waals surface area contributed by atoms with Crippen LogP contribution in [0.2, 0.25) is 0 Å². The first-order valence-electron chi connectivity index (χ1n) is 6.71. The molecule has 1 aliphatic heterocycles. The Kier molecular flexibility index (Phi) is 5.18. The van der Waals surface area contributed by atoms with Gasteiger partial charge in [0.2, 0.25) is 5.91 Å². The van der Waals surface area contributed by atoms with Gasteiger partial charge >= 0.3 is 0 Å². The lowest BCUT2D eigenvalue weighted by Crippen LogP contribution is -2.45. The van der Waals surface area contributed by atoms with Crippen LogP contribution in [0, 0.1) is 0 Å². The molecule has 0 aliphatic carbocycles. The molecule has 1 aromatic rings. The number of anilines is 1. The van der Waals surface area contributed by atoms with Crippen molar-refractivity contribution in [2.24, 2.45) is 0 Å². The number of ether oxygens (including phenoxy) is 1. The van der Waals surface area contributed by atoms with Crippen molar-refractivity contribution < 1.29 is 9.53 Å². The Morgan fingerprint density at radius 3 is 2.74 bits per heavy atom. The van der Waals surface area contributed by atoms with E-state index in [1.54, 1.807) is 7.11 Å². The van der Waals surface area contributed by atoms with E-state index in [0.717, 1.165) is 13.1 Å². The summed E-state index contributed by atoms with van der Waals surface area (Å²) in [6.07, 6.45) is 3.67. The molecule has 0 saturated carbocycles. The summed E-state index contributed by atoms with van der Waals surface area (Å²) in [6.45, 7) is 2.32. The zero-order chi connectivity index (χ0) is 13.5. The fourth-order valence-electron chi connectivity index (χ4n) is 2.18. The zero-order valence-electron chi connectivity index (χ0n) is 11.3. The van der Waals surface area contributed by atoms with E-state index < -0.39 is 0 Å². The molecule has 1 amide bonds. The second-order valence-electron chi connectivity index (χ2n) is 4.63. The van der Waals surface area contributed by atoms with Crippen LogP contribution in [-0.2, 0) is 4.79 Å². The Bertz CT molecular complexity index is 417. The Balaban J connectivity index is 1.80. The van der Waals surface area contributed by atoms with Gasteiger partial charge in [-0.05, 0) is 25.0 Å². The number of hydrogen-bond acceptors (Lipinski definition) is 4. The molecule has 19 heavy (non-hydrogen) atoms. The summed E-state index contributed by atoms with van der Waals surface area (Å²) >= 11 is 0. The summed E-state index contributed by atoms with van der Waals surface area (Å²) in [5.41, 5.74) is 3.86. The van der Waals surface area contributed by atoms with Crippen LogP contribution < -0.4 is 15.5 Å². The number of methoxy groups -OCH3 is 1. The van der Waals surface area contributed by atoms with Crippen molar-refractivity contribution in [2.75, 3.05) is 32.1 Å². The number of nitrogens with one attached hydrogen (secondary N) is 2. The minimum absolute atomic E-state index is 0.0601. The predicted octanol–water partition coefficient (Wildman–Crippen LogP) is 1.62. The first-order valence-corrected chi connectivity index (χ1v) is 6.71. The van der Waals surface area contributed by atoms with Gasteiger partial charge in [0.1, 0.15) is 5.75 Å². The summed E-state index contributed by atoms with van der Waals surface area (Å²) in [5, 5.41) is 4.96. The number of carbonyl (C=O) groups excluding carboxylic acids is 1. The number of hydrazine groups is 1. The molecule has 104 valence electrons. The van der Waals surface area contributed by atoms with Gasteiger partial charge in [0, 0.05) is 13.1 Å². The van der Waals surface area contributed by atoms with Crippen molar-refractivity contribution in [1.82, 2.24) is 10.4 Å². The highest BCUT2D eigenvalue weighted by atomic mass is 16.5. The lowest BCUT2D eigenvalue weighted by Gasteiger charge is -2.26. The standard InChI is InChI=1S/C14H21N3O2/c1-19-13-8-4-3-7-12(13)16-14(18)11-15-17-9-5-2-6-10-17/h3-4,7-8,15H,2,5-6,9-11H2,1H3,(H,16,18). The molecule has 1 saturated heterocycles. The number of benzene rings is 1. The van der Waals surface area contributed by atoms with E-state index >= 15 is 0 Å². The molecule has 2 N–H and O–H groups in total. The number of rotatable bonds is 5. The maximum absolute atomic E-state index is 11.9. The average molecular weight is 263 g/mol. The molecule has 0 aromatic heterocycles. The fourth-order valence-corrected chi connectivity index (χ4v) is 2.18. The molecule has 1 aromatic carbocycles. The number of hydrogen-bond donors (Lipinski definition) is 2. The monoisotopic (exact) mass is 263 g/mol. The Hall–Kier alpha value is -1.59. The maximum atomic E-state index is 11.9. The highest BCUT2D eigenvalue weighted by Crippen LogP contribution is 2.22. The molecule has 0 unspecified atom stereocenters. The molecule has 0 bridgehead atoms. The largest absolute Gasteiger partial charge is 0.495 e. The second-order valence-corrected chi connectivity index (χ2v) is 4.63. The van der Waals surface area contributed by atoms with Crippen molar-refractivity contribution in [3.05, 3.63) is 24.3 Å². The summed E-state index contributed by atoms with van der Waals surface area (Å²) in [7, 11) is 1.59. The van der Waals surface area contributed by atoms with Crippen molar-refractivity contribution in [3.63, 3.8) is 0 Å². The first kappa shape index (κ1) is 13.8. The summed E-state index contributed by atoms with van der Waals surface area (Å²) in [4.78, 5) is 11.9. The van der Waals surface area contributed by atoms with Gasteiger partial charge in [0.05, 0.1) is 19.3 Å². The lowest BCUT2D eigenvalue weighted by atomic mass is 10.2. The number of amides is 1. The van der Waals surface area contributed by atoms with E-state index in [-0.39, 0.29) is 12.5 Å². The third kappa shape index (κ3) is 4.22. The van der Waals surface area contributed by atoms with E-state index in [1.165, 1.54) is 19.3 Å². The molecule has 5 heteroatoms. The van der Waals surface area contributed by atoms with Crippen LogP contribution in [-0.4, -0.2) is 37.7 Å². The quantitative estimate of drug-likeness (QED) is 0.847. The van der Waals surface area contributed by atoms with E-state index in [9.17, 15) is 4.79 Å². The highest BCUT2D eigenvalue weighted by molar-refractivity contribution is 5.93. The summed E-state index contributed by atoms with van der Waals surface area (Å²) < 4.78 is 5.20. The van der Waals surface area contributed by atoms with Gasteiger partial charge in [0.25, 0.3) is 0 Å². The summed E-state index contributed by atoms with van der Waals surface area (Å²) in [6, 6.07) is 7.40. The van der Waals surface area contributed by atoms with Gasteiger partial charge < -0.3 is 10.1 Å². The Morgan fingerprint density at radius 2 is 2.00 bits per heavy atom. The molecular weight excluding hydrogens is 242 g/mol. The molecule has 2 rings (SSSR count). The molecule has 1 fully saturated rings. The molecular formula is C14H21N3O2. The second kappa shape index (κ2) is 7.11. The van der Waals surface area contributed by atoms with Crippen LogP contribution >= 0.6 is 0 Å². The summed E-state index contributed by atoms with van der Waals surface area (Å²) in [5.74, 6) is 0.615. The van der Waals surface area contributed by atoms with Crippen molar-refractivity contribution in [1.29, 1.82) is 0 Å². The van der Waals surface area contributed by atoms with Gasteiger partial charge in [-0.2, -0.15) is 0 Å². The molecule has 1 aliphatic rings. The van der Waals surface area contributed by atoms with Crippen LogP contribution in [0.15, 0.2) is 24.3 Å². The van der Waals surface area contributed by atoms with Gasteiger partial charge in [-0.15, -0.1) is 0 Å². The third-order valence-corrected chi connectivity index (χ3v) is 3.20. The minimum Gasteiger partial charge on any atom is -0.495 e. The van der Waals surface area contributed by atoms with E-state index in [0.29, 0.717) is 11.4 Å². The molecule has 0 atom stereocenters. The van der Waals surface area contributed by atoms with Gasteiger partial charge in [-0.3, -0.25) is 4.79 Å². The zero-order valence-corrected chi connectivity index (χ0v) is 11.3. The average Bonchev–Trinajstić information content (AvgIpc) is 2.47. The van der Waals surface area contributed by atoms with Gasteiger partial charge in [-0.1, -0.05) is 18.6 Å². The van der Waals surface area contributed by atoms with Crippen LogP contribution in [0.1, 0.15) is 19.3 Å². The van der Waals surface area contributed by atoms with Crippen molar-refractivity contribution in [3.8, 4) is 5.75 Å². The number of nitrogens with zero attached hydrogens (tertiary/aromatic N) is 1. The number of carbonyl (C=O) groups is 1. The van der Waals surface area contributed by atoms with Crippen LogP contribution in [0.25, 0.3) is 0 Å². The molecule has 0 radical (unpaired) electrons. The highest BCUT2D eigenvalue weighted by Gasteiger charge is 2.11. The molecule has 0 spiro atoms. The van der Waals surface area contributed by atoms with E-state index in [1.807, 2.05) is 24.3 Å². The predicted molar refractivity (Wildman–Crippen MR) is 75.1 cm³/mol. The first-order chi connectivity index (χ1) is 9.29. The number of piperidine rings is 1. The molecule has 1 heterocycles. The number of para-hydroxylation sites is 2. The topological polar surface area (TPSA) is 53.6 Å². The lowest BCUT2D eigenvalue weighted by molar-refractivity contribution is -0.116. The smallest absolute Gasteiger partial charge is 0.239 e. The fraction of sp³-hybridized carbons (Fsp3) is 0.500. The van der Waals surface area contributed by atoms with Crippen LogP contribution in [0.3, 0.4) is 0 Å². The Labute approximate surface area is 113 Å². The van der Waals surface area contributed by atoms with Crippen molar-refractivity contribution >= 4 is 11.6 Å². The van der Waals surface area contributed by atoms with E-state index in [2.05, 4.69) is 15.8 Å². The van der Waals surface area contributed by atoms with E-state index in [4.69, 9.17) is 4.74 Å². The van der Waals surface area contributed by atoms with Gasteiger partial charge in [0.15, 0.2) is 0 Å². The minimum atomic E-state index is -0.0601.